The van der Waals surface area contributed by atoms with Gasteiger partial charge in [-0.1, -0.05) is 23.7 Å². The molecule has 1 fully saturated rings. The van der Waals surface area contributed by atoms with Gasteiger partial charge in [0.2, 0.25) is 10.0 Å². The first-order valence-corrected chi connectivity index (χ1v) is 8.48. The third-order valence-electron chi connectivity index (χ3n) is 3.11. The van der Waals surface area contributed by atoms with Crippen molar-refractivity contribution in [3.63, 3.8) is 0 Å². The molecule has 2 N–H and O–H groups in total. The summed E-state index contributed by atoms with van der Waals surface area (Å²) < 4.78 is 26.5. The van der Waals surface area contributed by atoms with Gasteiger partial charge in [-0.3, -0.25) is 0 Å². The first kappa shape index (κ1) is 14.8. The highest BCUT2D eigenvalue weighted by Crippen LogP contribution is 2.18. The second kappa shape index (κ2) is 6.22. The lowest BCUT2D eigenvalue weighted by Crippen LogP contribution is -2.34. The van der Waals surface area contributed by atoms with Crippen LogP contribution in [0.25, 0.3) is 0 Å². The van der Waals surface area contributed by atoms with E-state index in [9.17, 15) is 8.42 Å². The van der Waals surface area contributed by atoms with Gasteiger partial charge in [0.15, 0.2) is 0 Å². The smallest absolute Gasteiger partial charge is 0.213 e. The zero-order valence-corrected chi connectivity index (χ0v) is 12.5. The molecule has 19 heavy (non-hydrogen) atoms. The van der Waals surface area contributed by atoms with Crippen LogP contribution in [0.2, 0.25) is 5.02 Å². The van der Waals surface area contributed by atoms with Crippen LogP contribution in [0.1, 0.15) is 31.4 Å². The maximum Gasteiger partial charge on any atom is 0.213 e. The van der Waals surface area contributed by atoms with Crippen molar-refractivity contribution in [2.75, 3.05) is 12.3 Å². The van der Waals surface area contributed by atoms with Crippen LogP contribution >= 0.6 is 11.6 Å². The van der Waals surface area contributed by atoms with Crippen molar-refractivity contribution in [1.29, 1.82) is 0 Å². The van der Waals surface area contributed by atoms with Crippen molar-refractivity contribution in [3.05, 3.63) is 34.9 Å². The molecule has 4 nitrogen and oxygen atoms in total. The van der Waals surface area contributed by atoms with E-state index in [4.69, 9.17) is 11.6 Å². The van der Waals surface area contributed by atoms with E-state index in [2.05, 4.69) is 10.0 Å². The molecule has 0 aliphatic heterocycles. The average molecular weight is 303 g/mol. The Morgan fingerprint density at radius 1 is 1.32 bits per heavy atom. The normalized spacial score (nSPS) is 17.4. The van der Waals surface area contributed by atoms with Crippen LogP contribution in [0, 0.1) is 0 Å². The van der Waals surface area contributed by atoms with Crippen molar-refractivity contribution < 1.29 is 8.42 Å². The Bertz CT molecular complexity index is 512. The standard InChI is InChI=1S/C13H19ClN2O2S/c1-10(11-2-4-12(14)5-3-11)16-19(17,18)9-8-15-13-6-7-13/h2-5,10,13,15-16H,6-9H2,1H3. The molecule has 0 bridgehead atoms. The summed E-state index contributed by atoms with van der Waals surface area (Å²) in [6.45, 7) is 2.34. The molecule has 0 saturated heterocycles. The van der Waals surface area contributed by atoms with Gasteiger partial charge in [0.1, 0.15) is 0 Å². The second-order valence-corrected chi connectivity index (χ2v) is 7.25. The van der Waals surface area contributed by atoms with E-state index >= 15 is 0 Å². The van der Waals surface area contributed by atoms with Crippen molar-refractivity contribution in [1.82, 2.24) is 10.0 Å². The van der Waals surface area contributed by atoms with E-state index in [1.54, 1.807) is 12.1 Å². The van der Waals surface area contributed by atoms with E-state index < -0.39 is 10.0 Å². The lowest BCUT2D eigenvalue weighted by atomic mass is 10.1. The monoisotopic (exact) mass is 302 g/mol. The van der Waals surface area contributed by atoms with Crippen molar-refractivity contribution >= 4 is 21.6 Å². The summed E-state index contributed by atoms with van der Waals surface area (Å²) in [6, 6.07) is 7.47. The van der Waals surface area contributed by atoms with Crippen LogP contribution in [-0.2, 0) is 10.0 Å². The predicted octanol–water partition coefficient (Wildman–Crippen LogP) is 2.07. The Hall–Kier alpha value is -0.620. The van der Waals surface area contributed by atoms with Gasteiger partial charge in [0.05, 0.1) is 5.75 Å². The number of rotatable bonds is 7. The summed E-state index contributed by atoms with van der Waals surface area (Å²) in [6.07, 6.45) is 2.32. The van der Waals surface area contributed by atoms with Crippen molar-refractivity contribution in [3.8, 4) is 0 Å². The molecular formula is C13H19ClN2O2S. The predicted molar refractivity (Wildman–Crippen MR) is 77.8 cm³/mol. The molecule has 6 heteroatoms. The number of hydrogen-bond acceptors (Lipinski definition) is 3. The molecule has 0 heterocycles. The van der Waals surface area contributed by atoms with E-state index in [0.717, 1.165) is 18.4 Å². The van der Waals surface area contributed by atoms with Gasteiger partial charge < -0.3 is 5.32 Å². The first-order chi connectivity index (χ1) is 8.96. The molecule has 1 aliphatic carbocycles. The summed E-state index contributed by atoms with van der Waals surface area (Å²) in [5.41, 5.74) is 0.906. The summed E-state index contributed by atoms with van der Waals surface area (Å²) in [7, 11) is -3.25. The molecule has 0 radical (unpaired) electrons. The van der Waals surface area contributed by atoms with Gasteiger partial charge >= 0.3 is 0 Å². The highest BCUT2D eigenvalue weighted by Gasteiger charge is 2.21. The van der Waals surface area contributed by atoms with Crippen LogP contribution in [-0.4, -0.2) is 26.8 Å². The molecule has 0 amide bonds. The van der Waals surface area contributed by atoms with Gasteiger partial charge in [0.25, 0.3) is 0 Å². The van der Waals surface area contributed by atoms with Gasteiger partial charge in [-0.15, -0.1) is 0 Å². The van der Waals surface area contributed by atoms with Crippen LogP contribution in [0.4, 0.5) is 0 Å². The lowest BCUT2D eigenvalue weighted by molar-refractivity contribution is 0.562. The van der Waals surface area contributed by atoms with Crippen LogP contribution in [0.5, 0.6) is 0 Å². The minimum Gasteiger partial charge on any atom is -0.313 e. The average Bonchev–Trinajstić information content (AvgIpc) is 3.13. The van der Waals surface area contributed by atoms with Crippen LogP contribution in [0.15, 0.2) is 24.3 Å². The first-order valence-electron chi connectivity index (χ1n) is 6.45. The fraction of sp³-hybridized carbons (Fsp3) is 0.538. The zero-order chi connectivity index (χ0) is 13.9. The second-order valence-electron chi connectivity index (χ2n) is 4.94. The molecule has 1 saturated carbocycles. The van der Waals surface area contributed by atoms with Crippen molar-refractivity contribution in [2.24, 2.45) is 0 Å². The topological polar surface area (TPSA) is 58.2 Å². The molecule has 1 aromatic carbocycles. The third kappa shape index (κ3) is 5.10. The number of benzene rings is 1. The largest absolute Gasteiger partial charge is 0.313 e. The van der Waals surface area contributed by atoms with E-state index in [-0.39, 0.29) is 11.8 Å². The maximum atomic E-state index is 11.9. The van der Waals surface area contributed by atoms with Crippen LogP contribution < -0.4 is 10.0 Å². The highest BCUT2D eigenvalue weighted by atomic mass is 35.5. The Labute approximate surface area is 119 Å². The molecule has 0 spiro atoms. The molecule has 1 aromatic rings. The summed E-state index contributed by atoms with van der Waals surface area (Å²) in [5, 5.41) is 3.84. The van der Waals surface area contributed by atoms with Gasteiger partial charge in [0, 0.05) is 23.7 Å². The van der Waals surface area contributed by atoms with Crippen molar-refractivity contribution in [2.45, 2.75) is 31.8 Å². The molecular weight excluding hydrogens is 284 g/mol. The number of hydrogen-bond donors (Lipinski definition) is 2. The zero-order valence-electron chi connectivity index (χ0n) is 10.9. The lowest BCUT2D eigenvalue weighted by Gasteiger charge is -2.15. The quantitative estimate of drug-likeness (QED) is 0.811. The Morgan fingerprint density at radius 2 is 1.95 bits per heavy atom. The third-order valence-corrected chi connectivity index (χ3v) is 4.81. The minimum absolute atomic E-state index is 0.113. The Balaban J connectivity index is 1.85. The Kier molecular flexibility index (Phi) is 4.84. The summed E-state index contributed by atoms with van der Waals surface area (Å²) in [4.78, 5) is 0. The molecule has 106 valence electrons. The van der Waals surface area contributed by atoms with Gasteiger partial charge in [-0.2, -0.15) is 0 Å². The molecule has 1 unspecified atom stereocenters. The summed E-state index contributed by atoms with van der Waals surface area (Å²) in [5.74, 6) is 0.113. The van der Waals surface area contributed by atoms with E-state index in [1.807, 2.05) is 19.1 Å². The van der Waals surface area contributed by atoms with E-state index in [1.165, 1.54) is 0 Å². The number of sulfonamides is 1. The molecule has 1 atom stereocenters. The Morgan fingerprint density at radius 3 is 2.53 bits per heavy atom. The highest BCUT2D eigenvalue weighted by molar-refractivity contribution is 7.89. The van der Waals surface area contributed by atoms with Gasteiger partial charge in [-0.25, -0.2) is 13.1 Å². The SMILES string of the molecule is CC(NS(=O)(=O)CCNC1CC1)c1ccc(Cl)cc1. The fourth-order valence-electron chi connectivity index (χ4n) is 1.83. The van der Waals surface area contributed by atoms with E-state index in [0.29, 0.717) is 17.6 Å². The minimum atomic E-state index is -3.25. The summed E-state index contributed by atoms with van der Waals surface area (Å²) >= 11 is 5.81. The number of halogens is 1. The molecule has 2 rings (SSSR count). The number of nitrogens with one attached hydrogen (secondary N) is 2. The molecule has 1 aliphatic rings. The molecule has 0 aromatic heterocycles. The van der Waals surface area contributed by atoms with Gasteiger partial charge in [-0.05, 0) is 37.5 Å². The fourth-order valence-corrected chi connectivity index (χ4v) is 3.14. The van der Waals surface area contributed by atoms with Crippen LogP contribution in [0.3, 0.4) is 0 Å². The maximum absolute atomic E-state index is 11.9.